The molecule has 3 heteroatoms. The number of hydrogen-bond donors (Lipinski definition) is 1. The molecule has 15 heavy (non-hydrogen) atoms. The second-order valence-electron chi connectivity index (χ2n) is 4.99. The van der Waals surface area contributed by atoms with Crippen molar-refractivity contribution in [1.29, 1.82) is 0 Å². The first-order valence-electron chi connectivity index (χ1n) is 6.02. The van der Waals surface area contributed by atoms with Crippen molar-refractivity contribution in [3.8, 4) is 0 Å². The topological polar surface area (TPSA) is 24.9 Å². The molecule has 0 atom stereocenters. The zero-order valence-corrected chi connectivity index (χ0v) is 10.1. The Morgan fingerprint density at radius 2 is 2.27 bits per heavy atom. The number of nitrogens with zero attached hydrogens (tertiary/aromatic N) is 1. The summed E-state index contributed by atoms with van der Waals surface area (Å²) in [4.78, 5) is 6.25. The normalized spacial score (nSPS) is 28.9. The van der Waals surface area contributed by atoms with Crippen molar-refractivity contribution in [3.63, 3.8) is 0 Å². The lowest BCUT2D eigenvalue weighted by atomic mass is 9.82. The fraction of sp³-hybridized carbons (Fsp3) is 0.750. The summed E-state index contributed by atoms with van der Waals surface area (Å²) >= 11 is 1.93. The summed E-state index contributed by atoms with van der Waals surface area (Å²) in [5, 5.41) is 4.91. The fourth-order valence-corrected chi connectivity index (χ4v) is 3.73. The summed E-state index contributed by atoms with van der Waals surface area (Å²) in [6.45, 7) is 3.32. The molecular weight excluding hydrogens is 204 g/mol. The highest BCUT2D eigenvalue weighted by Crippen LogP contribution is 2.29. The third-order valence-electron chi connectivity index (χ3n) is 3.56. The molecule has 2 aliphatic carbocycles. The molecular formula is C12H18N2S. The van der Waals surface area contributed by atoms with E-state index < -0.39 is 0 Å². The van der Waals surface area contributed by atoms with Crippen molar-refractivity contribution in [2.75, 3.05) is 0 Å². The van der Waals surface area contributed by atoms with Crippen LogP contribution in [0.5, 0.6) is 0 Å². The standard InChI is InChI=1S/C12H18N2S/c1-8-5-9(6-8)13-7-12-14-10-3-2-4-11(10)15-12/h8-9,13H,2-7H2,1H3. The molecule has 0 unspecified atom stereocenters. The Kier molecular flexibility index (Phi) is 2.53. The lowest BCUT2D eigenvalue weighted by molar-refractivity contribution is 0.240. The first kappa shape index (κ1) is 9.79. The summed E-state index contributed by atoms with van der Waals surface area (Å²) in [7, 11) is 0. The van der Waals surface area contributed by atoms with E-state index in [0.29, 0.717) is 0 Å². The van der Waals surface area contributed by atoms with Crippen LogP contribution < -0.4 is 5.32 Å². The molecule has 0 bridgehead atoms. The Balaban J connectivity index is 1.54. The molecule has 0 amide bonds. The second kappa shape index (κ2) is 3.87. The van der Waals surface area contributed by atoms with Gasteiger partial charge in [-0.3, -0.25) is 0 Å². The van der Waals surface area contributed by atoms with Gasteiger partial charge in [0.15, 0.2) is 0 Å². The third-order valence-corrected chi connectivity index (χ3v) is 4.71. The first-order chi connectivity index (χ1) is 7.31. The summed E-state index contributed by atoms with van der Waals surface area (Å²) in [6.07, 6.45) is 6.51. The molecule has 0 radical (unpaired) electrons. The van der Waals surface area contributed by atoms with Crippen LogP contribution in [0, 0.1) is 5.92 Å². The monoisotopic (exact) mass is 222 g/mol. The van der Waals surface area contributed by atoms with Gasteiger partial charge in [-0.15, -0.1) is 11.3 Å². The van der Waals surface area contributed by atoms with Crippen LogP contribution in [-0.2, 0) is 19.4 Å². The predicted octanol–water partition coefficient (Wildman–Crippen LogP) is 2.52. The predicted molar refractivity (Wildman–Crippen MR) is 63.2 cm³/mol. The average Bonchev–Trinajstić information content (AvgIpc) is 2.69. The van der Waals surface area contributed by atoms with Gasteiger partial charge in [0.1, 0.15) is 5.01 Å². The molecule has 0 saturated heterocycles. The molecule has 1 aromatic heterocycles. The highest BCUT2D eigenvalue weighted by Gasteiger charge is 2.25. The van der Waals surface area contributed by atoms with Gasteiger partial charge < -0.3 is 5.32 Å². The summed E-state index contributed by atoms with van der Waals surface area (Å²) in [5.74, 6) is 0.934. The Morgan fingerprint density at radius 1 is 1.40 bits per heavy atom. The van der Waals surface area contributed by atoms with E-state index in [2.05, 4.69) is 12.2 Å². The minimum atomic E-state index is 0.763. The van der Waals surface area contributed by atoms with Crippen LogP contribution in [0.3, 0.4) is 0 Å². The van der Waals surface area contributed by atoms with Gasteiger partial charge in [-0.05, 0) is 38.0 Å². The van der Waals surface area contributed by atoms with Crippen LogP contribution in [0.1, 0.15) is 41.8 Å². The third kappa shape index (κ3) is 1.95. The SMILES string of the molecule is CC1CC(NCc2nc3c(s2)CCC3)C1. The number of hydrogen-bond acceptors (Lipinski definition) is 3. The average molecular weight is 222 g/mol. The maximum atomic E-state index is 4.70. The molecule has 2 aliphatic rings. The van der Waals surface area contributed by atoms with Crippen LogP contribution >= 0.6 is 11.3 Å². The number of rotatable bonds is 3. The van der Waals surface area contributed by atoms with Gasteiger partial charge >= 0.3 is 0 Å². The number of aryl methyl sites for hydroxylation is 2. The fourth-order valence-electron chi connectivity index (χ4n) is 2.62. The van der Waals surface area contributed by atoms with Crippen LogP contribution in [0.15, 0.2) is 0 Å². The van der Waals surface area contributed by atoms with Crippen LogP contribution in [0.2, 0.25) is 0 Å². The molecule has 3 rings (SSSR count). The van der Waals surface area contributed by atoms with Crippen molar-refractivity contribution >= 4 is 11.3 Å². The minimum absolute atomic E-state index is 0.763. The van der Waals surface area contributed by atoms with Gasteiger partial charge in [-0.1, -0.05) is 6.92 Å². The Bertz CT molecular complexity index is 331. The lowest BCUT2D eigenvalue weighted by Gasteiger charge is -2.33. The van der Waals surface area contributed by atoms with Gasteiger partial charge in [0.05, 0.1) is 5.69 Å². The van der Waals surface area contributed by atoms with Crippen LogP contribution in [0.25, 0.3) is 0 Å². The molecule has 0 aromatic carbocycles. The quantitative estimate of drug-likeness (QED) is 0.850. The van der Waals surface area contributed by atoms with E-state index >= 15 is 0 Å². The van der Waals surface area contributed by atoms with E-state index in [-0.39, 0.29) is 0 Å². The number of thiazole rings is 1. The highest BCUT2D eigenvalue weighted by molar-refractivity contribution is 7.11. The first-order valence-corrected chi connectivity index (χ1v) is 6.84. The Hall–Kier alpha value is -0.410. The molecule has 0 spiro atoms. The summed E-state index contributed by atoms with van der Waals surface area (Å²) in [5.41, 5.74) is 1.39. The molecule has 1 heterocycles. The number of fused-ring (bicyclic) bond motifs is 1. The zero-order chi connectivity index (χ0) is 10.3. The largest absolute Gasteiger partial charge is 0.308 e. The molecule has 82 valence electrons. The van der Waals surface area contributed by atoms with Gasteiger partial charge in [0.25, 0.3) is 0 Å². The van der Waals surface area contributed by atoms with E-state index in [1.165, 1.54) is 42.8 Å². The van der Waals surface area contributed by atoms with E-state index in [1.807, 2.05) is 11.3 Å². The van der Waals surface area contributed by atoms with E-state index in [1.54, 1.807) is 4.88 Å². The van der Waals surface area contributed by atoms with E-state index in [9.17, 15) is 0 Å². The minimum Gasteiger partial charge on any atom is -0.308 e. The van der Waals surface area contributed by atoms with Crippen molar-refractivity contribution in [2.24, 2.45) is 5.92 Å². The number of aromatic nitrogens is 1. The van der Waals surface area contributed by atoms with E-state index in [4.69, 9.17) is 4.98 Å². The summed E-state index contributed by atoms with van der Waals surface area (Å²) in [6, 6.07) is 0.763. The second-order valence-corrected chi connectivity index (χ2v) is 6.15. The van der Waals surface area contributed by atoms with Crippen molar-refractivity contribution in [1.82, 2.24) is 10.3 Å². The lowest BCUT2D eigenvalue weighted by Crippen LogP contribution is -2.39. The van der Waals surface area contributed by atoms with Gasteiger partial charge in [-0.25, -0.2) is 4.98 Å². The molecule has 1 aromatic rings. The van der Waals surface area contributed by atoms with Crippen LogP contribution in [0.4, 0.5) is 0 Å². The highest BCUT2D eigenvalue weighted by atomic mass is 32.1. The molecule has 0 aliphatic heterocycles. The Labute approximate surface area is 95.1 Å². The van der Waals surface area contributed by atoms with Crippen LogP contribution in [-0.4, -0.2) is 11.0 Å². The van der Waals surface area contributed by atoms with Crippen molar-refractivity contribution < 1.29 is 0 Å². The maximum Gasteiger partial charge on any atom is 0.107 e. The van der Waals surface area contributed by atoms with E-state index in [0.717, 1.165) is 18.5 Å². The molecule has 1 fully saturated rings. The van der Waals surface area contributed by atoms with Crippen molar-refractivity contribution in [3.05, 3.63) is 15.6 Å². The van der Waals surface area contributed by atoms with Gasteiger partial charge in [0, 0.05) is 17.5 Å². The zero-order valence-electron chi connectivity index (χ0n) is 9.25. The van der Waals surface area contributed by atoms with Gasteiger partial charge in [0.2, 0.25) is 0 Å². The molecule has 2 nitrogen and oxygen atoms in total. The Morgan fingerprint density at radius 3 is 3.00 bits per heavy atom. The maximum absolute atomic E-state index is 4.70. The molecule has 1 saturated carbocycles. The number of nitrogens with one attached hydrogen (secondary N) is 1. The van der Waals surface area contributed by atoms with Gasteiger partial charge in [-0.2, -0.15) is 0 Å². The van der Waals surface area contributed by atoms with Crippen molar-refractivity contribution in [2.45, 2.75) is 51.6 Å². The smallest absolute Gasteiger partial charge is 0.107 e. The summed E-state index contributed by atoms with van der Waals surface area (Å²) < 4.78 is 0. The molecule has 1 N–H and O–H groups in total.